The summed E-state index contributed by atoms with van der Waals surface area (Å²) >= 11 is 0. The number of aryl methyl sites for hydroxylation is 1. The Morgan fingerprint density at radius 3 is 2.43 bits per heavy atom. The van der Waals surface area contributed by atoms with Crippen molar-refractivity contribution in [1.29, 1.82) is 0 Å². The Bertz CT molecular complexity index is 540. The van der Waals surface area contributed by atoms with Crippen LogP contribution in [0.15, 0.2) is 42.5 Å². The molecule has 21 heavy (non-hydrogen) atoms. The molecule has 0 spiro atoms. The molecule has 2 aromatic carbocycles. The summed E-state index contributed by atoms with van der Waals surface area (Å²) in [6.45, 7) is 5.79. The fourth-order valence-corrected chi connectivity index (χ4v) is 2.19. The number of para-hydroxylation sites is 1. The molecule has 0 aliphatic heterocycles. The van der Waals surface area contributed by atoms with Gasteiger partial charge in [0.15, 0.2) is 11.5 Å². The van der Waals surface area contributed by atoms with E-state index in [-0.39, 0.29) is 0 Å². The van der Waals surface area contributed by atoms with Gasteiger partial charge in [-0.05, 0) is 44.0 Å². The maximum atomic E-state index is 6.02. The van der Waals surface area contributed by atoms with Gasteiger partial charge in [0.25, 0.3) is 0 Å². The minimum absolute atomic E-state index is 0.530. The molecule has 0 aromatic heterocycles. The Hall–Kier alpha value is -2.00. The smallest absolute Gasteiger partial charge is 0.164 e. The van der Waals surface area contributed by atoms with Crippen LogP contribution in [0.25, 0.3) is 0 Å². The molecule has 0 saturated heterocycles. The van der Waals surface area contributed by atoms with Gasteiger partial charge in [-0.1, -0.05) is 42.0 Å². The molecule has 0 aliphatic rings. The van der Waals surface area contributed by atoms with Crippen molar-refractivity contribution >= 4 is 0 Å². The third kappa shape index (κ3) is 4.23. The van der Waals surface area contributed by atoms with Crippen molar-refractivity contribution < 1.29 is 9.47 Å². The van der Waals surface area contributed by atoms with Crippen molar-refractivity contribution in [1.82, 2.24) is 0 Å². The first-order chi connectivity index (χ1) is 10.2. The average molecular weight is 285 g/mol. The van der Waals surface area contributed by atoms with Crippen molar-refractivity contribution in [2.45, 2.75) is 26.9 Å². The van der Waals surface area contributed by atoms with Gasteiger partial charge in [-0.25, -0.2) is 0 Å². The van der Waals surface area contributed by atoms with Gasteiger partial charge in [-0.2, -0.15) is 0 Å². The van der Waals surface area contributed by atoms with Gasteiger partial charge in [-0.15, -0.1) is 0 Å². The Labute approximate surface area is 126 Å². The maximum Gasteiger partial charge on any atom is 0.164 e. The second-order valence-corrected chi connectivity index (χ2v) is 4.99. The quantitative estimate of drug-likeness (QED) is 0.847. The van der Waals surface area contributed by atoms with E-state index in [2.05, 4.69) is 31.2 Å². The van der Waals surface area contributed by atoms with E-state index in [4.69, 9.17) is 15.2 Å². The van der Waals surface area contributed by atoms with E-state index in [1.54, 1.807) is 0 Å². The lowest BCUT2D eigenvalue weighted by Crippen LogP contribution is -2.07. The standard InChI is InChI=1S/C18H23NO2/c1-3-20-17-6-4-5-16(11-12-19)18(17)21-13-15-9-7-14(2)8-10-15/h4-10H,3,11-13,19H2,1-2H3. The van der Waals surface area contributed by atoms with Crippen LogP contribution >= 0.6 is 0 Å². The van der Waals surface area contributed by atoms with E-state index in [0.717, 1.165) is 29.0 Å². The highest BCUT2D eigenvalue weighted by atomic mass is 16.5. The number of benzene rings is 2. The maximum absolute atomic E-state index is 6.02. The van der Waals surface area contributed by atoms with Crippen LogP contribution in [0.2, 0.25) is 0 Å². The minimum Gasteiger partial charge on any atom is -0.490 e. The van der Waals surface area contributed by atoms with E-state index in [9.17, 15) is 0 Å². The normalized spacial score (nSPS) is 10.4. The van der Waals surface area contributed by atoms with Crippen LogP contribution in [-0.4, -0.2) is 13.2 Å². The number of ether oxygens (including phenoxy) is 2. The molecule has 0 heterocycles. The average Bonchev–Trinajstić information content (AvgIpc) is 2.49. The summed E-state index contributed by atoms with van der Waals surface area (Å²) < 4.78 is 11.7. The van der Waals surface area contributed by atoms with Gasteiger partial charge >= 0.3 is 0 Å². The third-order valence-electron chi connectivity index (χ3n) is 3.28. The molecule has 2 rings (SSSR count). The van der Waals surface area contributed by atoms with Crippen molar-refractivity contribution in [2.24, 2.45) is 5.73 Å². The summed E-state index contributed by atoms with van der Waals surface area (Å²) in [4.78, 5) is 0. The summed E-state index contributed by atoms with van der Waals surface area (Å²) in [5.41, 5.74) is 9.17. The zero-order chi connectivity index (χ0) is 15.1. The summed E-state index contributed by atoms with van der Waals surface area (Å²) in [6.07, 6.45) is 0.782. The third-order valence-corrected chi connectivity index (χ3v) is 3.28. The summed E-state index contributed by atoms with van der Waals surface area (Å²) in [6, 6.07) is 14.3. The number of nitrogens with two attached hydrogens (primary N) is 1. The summed E-state index contributed by atoms with van der Waals surface area (Å²) in [5.74, 6) is 1.60. The summed E-state index contributed by atoms with van der Waals surface area (Å²) in [7, 11) is 0. The first-order valence-corrected chi connectivity index (χ1v) is 7.37. The minimum atomic E-state index is 0.530. The molecular formula is C18H23NO2. The molecule has 112 valence electrons. The second-order valence-electron chi connectivity index (χ2n) is 4.99. The van der Waals surface area contributed by atoms with Gasteiger partial charge < -0.3 is 15.2 Å². The Morgan fingerprint density at radius 1 is 1.00 bits per heavy atom. The molecular weight excluding hydrogens is 262 g/mol. The number of rotatable bonds is 7. The van der Waals surface area contributed by atoms with Crippen LogP contribution in [0.5, 0.6) is 11.5 Å². The molecule has 0 saturated carbocycles. The highest BCUT2D eigenvalue weighted by Crippen LogP contribution is 2.32. The fraction of sp³-hybridized carbons (Fsp3) is 0.333. The van der Waals surface area contributed by atoms with E-state index < -0.39 is 0 Å². The molecule has 0 bridgehead atoms. The lowest BCUT2D eigenvalue weighted by Gasteiger charge is -2.16. The highest BCUT2D eigenvalue weighted by Gasteiger charge is 2.10. The van der Waals surface area contributed by atoms with Gasteiger partial charge in [-0.3, -0.25) is 0 Å². The Kier molecular flexibility index (Phi) is 5.64. The van der Waals surface area contributed by atoms with Crippen molar-refractivity contribution in [3.63, 3.8) is 0 Å². The van der Waals surface area contributed by atoms with Crippen LogP contribution in [-0.2, 0) is 13.0 Å². The predicted octanol–water partition coefficient (Wildman–Crippen LogP) is 3.47. The largest absolute Gasteiger partial charge is 0.490 e. The molecule has 0 atom stereocenters. The highest BCUT2D eigenvalue weighted by molar-refractivity contribution is 5.47. The molecule has 3 nitrogen and oxygen atoms in total. The van der Waals surface area contributed by atoms with Gasteiger partial charge in [0.1, 0.15) is 6.61 Å². The lowest BCUT2D eigenvalue weighted by molar-refractivity contribution is 0.266. The van der Waals surface area contributed by atoms with Crippen LogP contribution in [0.3, 0.4) is 0 Å². The molecule has 2 N–H and O–H groups in total. The number of hydrogen-bond donors (Lipinski definition) is 1. The molecule has 0 fully saturated rings. The van der Waals surface area contributed by atoms with Crippen LogP contribution in [0.4, 0.5) is 0 Å². The predicted molar refractivity (Wildman–Crippen MR) is 85.9 cm³/mol. The molecule has 3 heteroatoms. The molecule has 0 radical (unpaired) electrons. The first kappa shape index (κ1) is 15.4. The van der Waals surface area contributed by atoms with Gasteiger partial charge in [0.05, 0.1) is 6.61 Å². The second kappa shape index (κ2) is 7.70. The SMILES string of the molecule is CCOc1cccc(CCN)c1OCc1ccc(C)cc1. The van der Waals surface area contributed by atoms with E-state index in [0.29, 0.717) is 19.8 Å². The van der Waals surface area contributed by atoms with Crippen LogP contribution < -0.4 is 15.2 Å². The van der Waals surface area contributed by atoms with Gasteiger partial charge in [0, 0.05) is 0 Å². The molecule has 0 amide bonds. The molecule has 0 unspecified atom stereocenters. The van der Waals surface area contributed by atoms with Crippen LogP contribution in [0.1, 0.15) is 23.6 Å². The van der Waals surface area contributed by atoms with E-state index in [1.807, 2.05) is 25.1 Å². The van der Waals surface area contributed by atoms with Crippen molar-refractivity contribution in [3.05, 3.63) is 59.2 Å². The first-order valence-electron chi connectivity index (χ1n) is 7.37. The van der Waals surface area contributed by atoms with E-state index in [1.165, 1.54) is 5.56 Å². The summed E-state index contributed by atoms with van der Waals surface area (Å²) in [5, 5.41) is 0. The van der Waals surface area contributed by atoms with Crippen molar-refractivity contribution in [3.8, 4) is 11.5 Å². The lowest BCUT2D eigenvalue weighted by atomic mass is 10.1. The molecule has 2 aromatic rings. The van der Waals surface area contributed by atoms with E-state index >= 15 is 0 Å². The topological polar surface area (TPSA) is 44.5 Å². The Morgan fingerprint density at radius 2 is 1.76 bits per heavy atom. The monoisotopic (exact) mass is 285 g/mol. The zero-order valence-electron chi connectivity index (χ0n) is 12.8. The zero-order valence-corrected chi connectivity index (χ0v) is 12.8. The van der Waals surface area contributed by atoms with Gasteiger partial charge in [0.2, 0.25) is 0 Å². The van der Waals surface area contributed by atoms with Crippen LogP contribution in [0, 0.1) is 6.92 Å². The van der Waals surface area contributed by atoms with Crippen molar-refractivity contribution in [2.75, 3.05) is 13.2 Å². The molecule has 0 aliphatic carbocycles. The fourth-order valence-electron chi connectivity index (χ4n) is 2.19. The number of hydrogen-bond acceptors (Lipinski definition) is 3. The Balaban J connectivity index is 2.17.